The van der Waals surface area contributed by atoms with Crippen molar-refractivity contribution in [2.45, 2.75) is 58.5 Å². The molecule has 0 atom stereocenters. The molecule has 1 aromatic rings. The number of nitrogens with one attached hydrogen (secondary N) is 1. The van der Waals surface area contributed by atoms with E-state index >= 15 is 0 Å². The first-order chi connectivity index (χ1) is 9.31. The fourth-order valence-electron chi connectivity index (χ4n) is 2.63. The Bertz CT molecular complexity index is 482. The van der Waals surface area contributed by atoms with E-state index in [1.165, 1.54) is 6.42 Å². The molecule has 0 heterocycles. The minimum Gasteiger partial charge on any atom is -0.385 e. The molecule has 0 aromatic heterocycles. The van der Waals surface area contributed by atoms with Gasteiger partial charge in [0, 0.05) is 11.1 Å². The van der Waals surface area contributed by atoms with Gasteiger partial charge < -0.3 is 10.4 Å². The minimum atomic E-state index is -0.722. The molecule has 0 unspecified atom stereocenters. The van der Waals surface area contributed by atoms with Crippen LogP contribution in [0.1, 0.15) is 58.4 Å². The number of benzene rings is 1. The molecule has 0 radical (unpaired) electrons. The number of aliphatic hydroxyl groups is 1. The summed E-state index contributed by atoms with van der Waals surface area (Å²) in [6.07, 6.45) is 4.94. The molecule has 1 saturated carbocycles. The highest BCUT2D eigenvalue weighted by molar-refractivity contribution is 5.94. The predicted molar refractivity (Wildman–Crippen MR) is 81.5 cm³/mol. The SMILES string of the molecule is CC(C)(C)C(=O)Nc1cccc(C2(O)CCCCC2)c1. The van der Waals surface area contributed by atoms with Crippen molar-refractivity contribution in [3.05, 3.63) is 29.8 Å². The van der Waals surface area contributed by atoms with E-state index in [9.17, 15) is 9.90 Å². The maximum atomic E-state index is 12.0. The first-order valence-electron chi connectivity index (χ1n) is 7.46. The minimum absolute atomic E-state index is 0.00900. The molecule has 110 valence electrons. The quantitative estimate of drug-likeness (QED) is 0.862. The van der Waals surface area contributed by atoms with E-state index in [4.69, 9.17) is 0 Å². The molecule has 3 nitrogen and oxygen atoms in total. The number of amides is 1. The summed E-state index contributed by atoms with van der Waals surface area (Å²) < 4.78 is 0. The van der Waals surface area contributed by atoms with Crippen LogP contribution < -0.4 is 5.32 Å². The molecule has 3 heteroatoms. The Morgan fingerprint density at radius 1 is 1.20 bits per heavy atom. The van der Waals surface area contributed by atoms with Gasteiger partial charge in [0.1, 0.15) is 0 Å². The third kappa shape index (κ3) is 3.40. The van der Waals surface area contributed by atoms with Crippen molar-refractivity contribution in [1.82, 2.24) is 0 Å². The van der Waals surface area contributed by atoms with Crippen LogP contribution in [0.25, 0.3) is 0 Å². The van der Waals surface area contributed by atoms with E-state index in [0.29, 0.717) is 0 Å². The molecule has 0 bridgehead atoms. The largest absolute Gasteiger partial charge is 0.385 e. The van der Waals surface area contributed by atoms with Crippen molar-refractivity contribution in [3.8, 4) is 0 Å². The maximum absolute atomic E-state index is 12.0. The van der Waals surface area contributed by atoms with Gasteiger partial charge in [0.2, 0.25) is 5.91 Å². The fourth-order valence-corrected chi connectivity index (χ4v) is 2.63. The lowest BCUT2D eigenvalue weighted by Crippen LogP contribution is -2.29. The summed E-state index contributed by atoms with van der Waals surface area (Å²) >= 11 is 0. The Morgan fingerprint density at radius 2 is 1.85 bits per heavy atom. The van der Waals surface area contributed by atoms with E-state index in [-0.39, 0.29) is 5.91 Å². The van der Waals surface area contributed by atoms with Crippen LogP contribution >= 0.6 is 0 Å². The third-order valence-electron chi connectivity index (χ3n) is 4.02. The highest BCUT2D eigenvalue weighted by Crippen LogP contribution is 2.37. The van der Waals surface area contributed by atoms with Gasteiger partial charge in [-0.2, -0.15) is 0 Å². The highest BCUT2D eigenvalue weighted by Gasteiger charge is 2.31. The molecule has 0 aliphatic heterocycles. The summed E-state index contributed by atoms with van der Waals surface area (Å²) in [5.41, 5.74) is 0.545. The molecule has 1 aliphatic rings. The number of carbonyl (C=O) groups is 1. The van der Waals surface area contributed by atoms with Crippen LogP contribution in [0, 0.1) is 5.41 Å². The summed E-state index contributed by atoms with van der Waals surface area (Å²) in [7, 11) is 0. The van der Waals surface area contributed by atoms with Crippen LogP contribution in [0.3, 0.4) is 0 Å². The van der Waals surface area contributed by atoms with Crippen molar-refractivity contribution in [3.63, 3.8) is 0 Å². The van der Waals surface area contributed by atoms with Crippen LogP contribution in [0.2, 0.25) is 0 Å². The van der Waals surface area contributed by atoms with Gasteiger partial charge in [-0.05, 0) is 30.5 Å². The van der Waals surface area contributed by atoms with Crippen LogP contribution in [-0.4, -0.2) is 11.0 Å². The Hall–Kier alpha value is -1.35. The van der Waals surface area contributed by atoms with E-state index in [1.54, 1.807) is 0 Å². The van der Waals surface area contributed by atoms with Gasteiger partial charge in [-0.15, -0.1) is 0 Å². The zero-order valence-corrected chi connectivity index (χ0v) is 12.7. The molecule has 20 heavy (non-hydrogen) atoms. The van der Waals surface area contributed by atoms with Gasteiger partial charge >= 0.3 is 0 Å². The summed E-state index contributed by atoms with van der Waals surface area (Å²) in [5.74, 6) is -0.00900. The summed E-state index contributed by atoms with van der Waals surface area (Å²) in [5, 5.41) is 13.7. The van der Waals surface area contributed by atoms with Crippen molar-refractivity contribution in [1.29, 1.82) is 0 Å². The van der Waals surface area contributed by atoms with Crippen LogP contribution in [-0.2, 0) is 10.4 Å². The number of hydrogen-bond donors (Lipinski definition) is 2. The zero-order valence-electron chi connectivity index (χ0n) is 12.7. The van der Waals surface area contributed by atoms with Crippen LogP contribution in [0.15, 0.2) is 24.3 Å². The normalized spacial score (nSPS) is 18.6. The standard InChI is InChI=1S/C17H25NO2/c1-16(2,3)15(19)18-14-9-7-8-13(12-14)17(20)10-5-4-6-11-17/h7-9,12,20H,4-6,10-11H2,1-3H3,(H,18,19). The lowest BCUT2D eigenvalue weighted by atomic mass is 9.79. The Labute approximate surface area is 121 Å². The second-order valence-corrected chi connectivity index (χ2v) is 6.88. The van der Waals surface area contributed by atoms with Gasteiger partial charge in [0.15, 0.2) is 0 Å². The highest BCUT2D eigenvalue weighted by atomic mass is 16.3. The lowest BCUT2D eigenvalue weighted by molar-refractivity contribution is -0.123. The summed E-state index contributed by atoms with van der Waals surface area (Å²) in [4.78, 5) is 12.0. The topological polar surface area (TPSA) is 49.3 Å². The molecule has 0 saturated heterocycles. The Kier molecular flexibility index (Phi) is 4.19. The van der Waals surface area contributed by atoms with E-state index in [2.05, 4.69) is 5.32 Å². The molecule has 0 spiro atoms. The number of rotatable bonds is 2. The molecule has 1 aliphatic carbocycles. The molecule has 1 aromatic carbocycles. The van der Waals surface area contributed by atoms with E-state index in [1.807, 2.05) is 45.0 Å². The lowest BCUT2D eigenvalue weighted by Gasteiger charge is -2.33. The molecule has 1 fully saturated rings. The first kappa shape index (κ1) is 15.0. The number of anilines is 1. The van der Waals surface area contributed by atoms with Crippen molar-refractivity contribution >= 4 is 11.6 Å². The van der Waals surface area contributed by atoms with Gasteiger partial charge in [-0.1, -0.05) is 52.2 Å². The summed E-state index contributed by atoms with van der Waals surface area (Å²) in [6.45, 7) is 5.67. The van der Waals surface area contributed by atoms with Gasteiger partial charge in [-0.25, -0.2) is 0 Å². The number of carbonyl (C=O) groups excluding carboxylic acids is 1. The van der Waals surface area contributed by atoms with Crippen LogP contribution in [0.4, 0.5) is 5.69 Å². The Morgan fingerprint density at radius 3 is 2.45 bits per heavy atom. The van der Waals surface area contributed by atoms with Crippen molar-refractivity contribution in [2.24, 2.45) is 5.41 Å². The second kappa shape index (κ2) is 5.57. The molecular weight excluding hydrogens is 250 g/mol. The van der Waals surface area contributed by atoms with Crippen LogP contribution in [0.5, 0.6) is 0 Å². The van der Waals surface area contributed by atoms with Gasteiger partial charge in [0.05, 0.1) is 5.60 Å². The van der Waals surface area contributed by atoms with E-state index < -0.39 is 11.0 Å². The van der Waals surface area contributed by atoms with Gasteiger partial charge in [-0.3, -0.25) is 4.79 Å². The molecule has 2 rings (SSSR count). The predicted octanol–water partition coefficient (Wildman–Crippen LogP) is 3.82. The van der Waals surface area contributed by atoms with Gasteiger partial charge in [0.25, 0.3) is 0 Å². The van der Waals surface area contributed by atoms with Crippen molar-refractivity contribution < 1.29 is 9.90 Å². The molecular formula is C17H25NO2. The molecule has 1 amide bonds. The number of hydrogen-bond acceptors (Lipinski definition) is 2. The summed E-state index contributed by atoms with van der Waals surface area (Å²) in [6, 6.07) is 7.65. The smallest absolute Gasteiger partial charge is 0.229 e. The monoisotopic (exact) mass is 275 g/mol. The molecule has 2 N–H and O–H groups in total. The van der Waals surface area contributed by atoms with Crippen molar-refractivity contribution in [2.75, 3.05) is 5.32 Å². The first-order valence-corrected chi connectivity index (χ1v) is 7.46. The average Bonchev–Trinajstić information content (AvgIpc) is 2.39. The maximum Gasteiger partial charge on any atom is 0.229 e. The Balaban J connectivity index is 2.18. The third-order valence-corrected chi connectivity index (χ3v) is 4.02. The zero-order chi connectivity index (χ0) is 14.8. The fraction of sp³-hybridized carbons (Fsp3) is 0.588. The van der Waals surface area contributed by atoms with E-state index in [0.717, 1.165) is 36.9 Å². The average molecular weight is 275 g/mol. The second-order valence-electron chi connectivity index (χ2n) is 6.88.